The topological polar surface area (TPSA) is 50.2 Å². The van der Waals surface area contributed by atoms with Crippen LogP contribution in [-0.2, 0) is 0 Å². The third-order valence-electron chi connectivity index (χ3n) is 2.64. The number of aryl methyl sites for hydroxylation is 2. The van der Waals surface area contributed by atoms with Gasteiger partial charge in [0, 0.05) is 22.2 Å². The van der Waals surface area contributed by atoms with Crippen LogP contribution in [-0.4, -0.2) is 16.1 Å². The summed E-state index contributed by atoms with van der Waals surface area (Å²) >= 11 is 1.55. The van der Waals surface area contributed by atoms with E-state index in [1.54, 1.807) is 37.1 Å². The van der Waals surface area contributed by atoms with Crippen molar-refractivity contribution in [3.63, 3.8) is 0 Å². The maximum atomic E-state index is 11.1. The summed E-state index contributed by atoms with van der Waals surface area (Å²) in [5.41, 5.74) is 2.21. The van der Waals surface area contributed by atoms with Crippen molar-refractivity contribution in [2.45, 2.75) is 23.6 Å². The van der Waals surface area contributed by atoms with Crippen molar-refractivity contribution < 1.29 is 9.90 Å². The highest BCUT2D eigenvalue weighted by atomic mass is 32.2. The molecule has 0 unspecified atom stereocenters. The number of carboxylic acid groups (broad SMARTS) is 1. The van der Waals surface area contributed by atoms with Gasteiger partial charge >= 0.3 is 5.97 Å². The van der Waals surface area contributed by atoms with Gasteiger partial charge in [-0.3, -0.25) is 4.98 Å². The van der Waals surface area contributed by atoms with E-state index in [9.17, 15) is 4.79 Å². The Morgan fingerprint density at radius 3 is 2.67 bits per heavy atom. The molecular weight excluding hydrogens is 246 g/mol. The molecule has 0 amide bonds. The Morgan fingerprint density at radius 2 is 2.00 bits per heavy atom. The molecule has 0 aliphatic heterocycles. The molecule has 0 spiro atoms. The van der Waals surface area contributed by atoms with Gasteiger partial charge < -0.3 is 5.11 Å². The van der Waals surface area contributed by atoms with Crippen molar-refractivity contribution in [3.8, 4) is 0 Å². The lowest BCUT2D eigenvalue weighted by molar-refractivity contribution is 0.0696. The van der Waals surface area contributed by atoms with Gasteiger partial charge in [-0.15, -0.1) is 0 Å². The zero-order valence-corrected chi connectivity index (χ0v) is 11.0. The van der Waals surface area contributed by atoms with E-state index in [-0.39, 0.29) is 0 Å². The molecule has 2 rings (SSSR count). The Balaban J connectivity index is 2.33. The molecule has 0 saturated heterocycles. The third kappa shape index (κ3) is 2.71. The number of hydrogen-bond acceptors (Lipinski definition) is 3. The SMILES string of the molecule is Cc1cnccc1Sc1ccc(C)c(C(=O)O)c1. The van der Waals surface area contributed by atoms with Crippen molar-refractivity contribution in [2.75, 3.05) is 0 Å². The van der Waals surface area contributed by atoms with E-state index in [0.29, 0.717) is 5.56 Å². The molecule has 0 atom stereocenters. The fourth-order valence-corrected chi connectivity index (χ4v) is 2.51. The predicted molar refractivity (Wildman–Crippen MR) is 71.2 cm³/mol. The molecular formula is C14H13NO2S. The van der Waals surface area contributed by atoms with Crippen molar-refractivity contribution >= 4 is 17.7 Å². The first-order valence-corrected chi connectivity index (χ1v) is 6.32. The van der Waals surface area contributed by atoms with Crippen LogP contribution in [0.5, 0.6) is 0 Å². The zero-order valence-electron chi connectivity index (χ0n) is 10.2. The van der Waals surface area contributed by atoms with Crippen LogP contribution in [0.25, 0.3) is 0 Å². The first-order chi connectivity index (χ1) is 8.58. The molecule has 18 heavy (non-hydrogen) atoms. The lowest BCUT2D eigenvalue weighted by atomic mass is 10.1. The average Bonchev–Trinajstić information content (AvgIpc) is 2.34. The molecule has 0 aliphatic rings. The second-order valence-corrected chi connectivity index (χ2v) is 5.14. The van der Waals surface area contributed by atoms with Gasteiger partial charge in [-0.1, -0.05) is 17.8 Å². The lowest BCUT2D eigenvalue weighted by Crippen LogP contribution is -1.99. The van der Waals surface area contributed by atoms with Crippen molar-refractivity contribution in [1.82, 2.24) is 4.98 Å². The third-order valence-corrected chi connectivity index (χ3v) is 3.80. The summed E-state index contributed by atoms with van der Waals surface area (Å²) in [6.07, 6.45) is 3.54. The fraction of sp³-hybridized carbons (Fsp3) is 0.143. The summed E-state index contributed by atoms with van der Waals surface area (Å²) in [4.78, 5) is 17.1. The van der Waals surface area contributed by atoms with Crippen LogP contribution in [0.1, 0.15) is 21.5 Å². The maximum Gasteiger partial charge on any atom is 0.335 e. The van der Waals surface area contributed by atoms with Crippen LogP contribution < -0.4 is 0 Å². The summed E-state index contributed by atoms with van der Waals surface area (Å²) in [7, 11) is 0. The first kappa shape index (κ1) is 12.6. The molecule has 1 N–H and O–H groups in total. The number of hydrogen-bond donors (Lipinski definition) is 1. The van der Waals surface area contributed by atoms with Gasteiger partial charge in [-0.25, -0.2) is 4.79 Å². The number of nitrogens with zero attached hydrogens (tertiary/aromatic N) is 1. The number of aromatic carboxylic acids is 1. The molecule has 1 heterocycles. The number of aromatic nitrogens is 1. The van der Waals surface area contributed by atoms with Gasteiger partial charge in [-0.05, 0) is 43.2 Å². The van der Waals surface area contributed by atoms with Crippen LogP contribution >= 0.6 is 11.8 Å². The Morgan fingerprint density at radius 1 is 1.22 bits per heavy atom. The molecule has 2 aromatic rings. The van der Waals surface area contributed by atoms with Gasteiger partial charge in [0.1, 0.15) is 0 Å². The fourth-order valence-electron chi connectivity index (χ4n) is 1.60. The average molecular weight is 259 g/mol. The van der Waals surface area contributed by atoms with E-state index in [0.717, 1.165) is 20.9 Å². The normalized spacial score (nSPS) is 10.3. The molecule has 0 bridgehead atoms. The van der Waals surface area contributed by atoms with Crippen LogP contribution in [0.3, 0.4) is 0 Å². The van der Waals surface area contributed by atoms with Crippen LogP contribution in [0.15, 0.2) is 46.5 Å². The van der Waals surface area contributed by atoms with Gasteiger partial charge in [0.2, 0.25) is 0 Å². The predicted octanol–water partition coefficient (Wildman–Crippen LogP) is 3.55. The molecule has 92 valence electrons. The molecule has 0 saturated carbocycles. The number of benzene rings is 1. The van der Waals surface area contributed by atoms with Gasteiger partial charge in [0.25, 0.3) is 0 Å². The van der Waals surface area contributed by atoms with E-state index < -0.39 is 5.97 Å². The van der Waals surface area contributed by atoms with Gasteiger partial charge in [0.05, 0.1) is 5.56 Å². The van der Waals surface area contributed by atoms with E-state index in [2.05, 4.69) is 4.98 Å². The number of rotatable bonds is 3. The highest BCUT2D eigenvalue weighted by molar-refractivity contribution is 7.99. The minimum Gasteiger partial charge on any atom is -0.478 e. The van der Waals surface area contributed by atoms with Crippen molar-refractivity contribution in [3.05, 3.63) is 53.3 Å². The molecule has 3 nitrogen and oxygen atoms in total. The zero-order chi connectivity index (χ0) is 13.1. The van der Waals surface area contributed by atoms with Gasteiger partial charge in [0.15, 0.2) is 0 Å². The smallest absolute Gasteiger partial charge is 0.335 e. The minimum absolute atomic E-state index is 0.353. The summed E-state index contributed by atoms with van der Waals surface area (Å²) < 4.78 is 0. The Bertz CT molecular complexity index is 596. The largest absolute Gasteiger partial charge is 0.478 e. The quantitative estimate of drug-likeness (QED) is 0.915. The van der Waals surface area contributed by atoms with Crippen molar-refractivity contribution in [1.29, 1.82) is 0 Å². The van der Waals surface area contributed by atoms with Crippen LogP contribution in [0.4, 0.5) is 0 Å². The highest BCUT2D eigenvalue weighted by Gasteiger charge is 2.09. The van der Waals surface area contributed by atoms with Crippen molar-refractivity contribution in [2.24, 2.45) is 0 Å². The molecule has 0 fully saturated rings. The molecule has 4 heteroatoms. The van der Waals surface area contributed by atoms with Crippen LogP contribution in [0, 0.1) is 13.8 Å². The van der Waals surface area contributed by atoms with Gasteiger partial charge in [-0.2, -0.15) is 0 Å². The Kier molecular flexibility index (Phi) is 3.67. The van der Waals surface area contributed by atoms with E-state index >= 15 is 0 Å². The summed E-state index contributed by atoms with van der Waals surface area (Å²) in [6, 6.07) is 7.41. The van der Waals surface area contributed by atoms with E-state index in [4.69, 9.17) is 5.11 Å². The minimum atomic E-state index is -0.888. The number of carbonyl (C=O) groups is 1. The number of carboxylic acids is 1. The Hall–Kier alpha value is -1.81. The molecule has 0 aliphatic carbocycles. The molecule has 1 aromatic heterocycles. The Labute approximate surface area is 110 Å². The molecule has 1 aromatic carbocycles. The maximum absolute atomic E-state index is 11.1. The summed E-state index contributed by atoms with van der Waals surface area (Å²) in [5, 5.41) is 9.09. The highest BCUT2D eigenvalue weighted by Crippen LogP contribution is 2.30. The second-order valence-electron chi connectivity index (χ2n) is 4.03. The standard InChI is InChI=1S/C14H13NO2S/c1-9-3-4-11(7-12(9)14(16)17)18-13-5-6-15-8-10(13)2/h3-8H,1-2H3,(H,16,17). The second kappa shape index (κ2) is 5.23. The van der Waals surface area contributed by atoms with Crippen LogP contribution in [0.2, 0.25) is 0 Å². The lowest BCUT2D eigenvalue weighted by Gasteiger charge is -2.07. The van der Waals surface area contributed by atoms with E-state index in [1.165, 1.54) is 0 Å². The first-order valence-electron chi connectivity index (χ1n) is 5.50. The summed E-state index contributed by atoms with van der Waals surface area (Å²) in [6.45, 7) is 3.79. The number of pyridine rings is 1. The van der Waals surface area contributed by atoms with E-state index in [1.807, 2.05) is 25.1 Å². The summed E-state index contributed by atoms with van der Waals surface area (Å²) in [5.74, 6) is -0.888. The molecule has 0 radical (unpaired) electrons. The monoisotopic (exact) mass is 259 g/mol.